The van der Waals surface area contributed by atoms with Gasteiger partial charge in [-0.3, -0.25) is 4.79 Å². The number of aromatic carboxylic acids is 1. The average molecular weight is 374 g/mol. The topological polar surface area (TPSA) is 88.5 Å². The van der Waals surface area contributed by atoms with Gasteiger partial charge in [-0.05, 0) is 32.0 Å². The van der Waals surface area contributed by atoms with Gasteiger partial charge in [-0.1, -0.05) is 6.07 Å². The lowest BCUT2D eigenvalue weighted by molar-refractivity contribution is -0.274. The van der Waals surface area contributed by atoms with Crippen molar-refractivity contribution in [2.75, 3.05) is 0 Å². The van der Waals surface area contributed by atoms with E-state index in [1.54, 1.807) is 6.92 Å². The quantitative estimate of drug-likeness (QED) is 0.836. The van der Waals surface area contributed by atoms with Gasteiger partial charge >= 0.3 is 12.3 Å². The summed E-state index contributed by atoms with van der Waals surface area (Å²) in [5.74, 6) is -2.26. The molecule has 25 heavy (non-hydrogen) atoms. The van der Waals surface area contributed by atoms with Crippen LogP contribution in [0.4, 0.5) is 13.2 Å². The normalized spacial score (nSPS) is 12.5. The third-order valence-electron chi connectivity index (χ3n) is 3.06. The molecule has 2 N–H and O–H groups in total. The van der Waals surface area contributed by atoms with E-state index >= 15 is 0 Å². The van der Waals surface area contributed by atoms with E-state index in [4.69, 9.17) is 5.11 Å². The van der Waals surface area contributed by atoms with E-state index in [0.29, 0.717) is 10.7 Å². The second-order valence-electron chi connectivity index (χ2n) is 5.04. The highest BCUT2D eigenvalue weighted by Gasteiger charge is 2.31. The zero-order valence-electron chi connectivity index (χ0n) is 13.0. The molecule has 0 spiro atoms. The number of alkyl halides is 3. The molecule has 1 heterocycles. The van der Waals surface area contributed by atoms with Gasteiger partial charge in [-0.25, -0.2) is 9.78 Å². The summed E-state index contributed by atoms with van der Waals surface area (Å²) in [6.07, 6.45) is -4.85. The predicted octanol–water partition coefficient (Wildman–Crippen LogP) is 3.54. The number of aromatic nitrogens is 1. The van der Waals surface area contributed by atoms with Crippen LogP contribution in [-0.2, 0) is 0 Å². The van der Waals surface area contributed by atoms with Gasteiger partial charge in [-0.15, -0.1) is 24.5 Å². The molecule has 0 aliphatic rings. The summed E-state index contributed by atoms with van der Waals surface area (Å²) in [5, 5.41) is 12.0. The van der Waals surface area contributed by atoms with Crippen molar-refractivity contribution in [2.24, 2.45) is 0 Å². The van der Waals surface area contributed by atoms with E-state index in [1.807, 2.05) is 0 Å². The van der Waals surface area contributed by atoms with Crippen LogP contribution in [-0.4, -0.2) is 28.3 Å². The van der Waals surface area contributed by atoms with E-state index in [-0.39, 0.29) is 10.4 Å². The summed E-state index contributed by atoms with van der Waals surface area (Å²) >= 11 is 0.925. The molecule has 10 heteroatoms. The molecule has 0 bridgehead atoms. The van der Waals surface area contributed by atoms with Crippen molar-refractivity contribution in [1.29, 1.82) is 0 Å². The van der Waals surface area contributed by atoms with Crippen LogP contribution >= 0.6 is 11.3 Å². The SMILES string of the molecule is Cc1nc(C(C)NC(=O)c2cccc(OC(F)(F)F)c2)sc1C(=O)O. The van der Waals surface area contributed by atoms with Crippen molar-refractivity contribution >= 4 is 23.2 Å². The molecule has 0 fully saturated rings. The van der Waals surface area contributed by atoms with Crippen LogP contribution in [0, 0.1) is 6.92 Å². The number of rotatable bonds is 5. The molecule has 134 valence electrons. The molecule has 6 nitrogen and oxygen atoms in total. The number of hydrogen-bond acceptors (Lipinski definition) is 5. The molecular formula is C15H13F3N2O4S. The van der Waals surface area contributed by atoms with Gasteiger partial charge in [0.05, 0.1) is 11.7 Å². The number of carboxylic acids is 1. The largest absolute Gasteiger partial charge is 0.573 e. The Kier molecular flexibility index (Phi) is 5.31. The number of carbonyl (C=O) groups excluding carboxylic acids is 1. The maximum Gasteiger partial charge on any atom is 0.573 e. The molecule has 0 radical (unpaired) electrons. The van der Waals surface area contributed by atoms with Crippen molar-refractivity contribution in [3.63, 3.8) is 0 Å². The number of hydrogen-bond donors (Lipinski definition) is 2. The highest BCUT2D eigenvalue weighted by molar-refractivity contribution is 7.13. The minimum Gasteiger partial charge on any atom is -0.477 e. The number of thiazole rings is 1. The van der Waals surface area contributed by atoms with E-state index in [1.165, 1.54) is 19.1 Å². The van der Waals surface area contributed by atoms with E-state index in [9.17, 15) is 22.8 Å². The maximum atomic E-state index is 12.2. The molecule has 0 aliphatic carbocycles. The average Bonchev–Trinajstić information content (AvgIpc) is 2.88. The Bertz CT molecular complexity index is 804. The van der Waals surface area contributed by atoms with Crippen LogP contribution in [0.2, 0.25) is 0 Å². The number of nitrogens with zero attached hydrogens (tertiary/aromatic N) is 1. The summed E-state index contributed by atoms with van der Waals surface area (Å²) in [4.78, 5) is 27.4. The molecule has 2 aromatic rings. The zero-order valence-corrected chi connectivity index (χ0v) is 13.9. The summed E-state index contributed by atoms with van der Waals surface area (Å²) < 4.78 is 40.5. The van der Waals surface area contributed by atoms with Gasteiger partial charge in [0, 0.05) is 5.56 Å². The Balaban J connectivity index is 2.12. The van der Waals surface area contributed by atoms with Gasteiger partial charge in [0.1, 0.15) is 15.6 Å². The third kappa shape index (κ3) is 4.92. The molecular weight excluding hydrogens is 361 g/mol. The standard InChI is InChI=1S/C15H13F3N2O4S/c1-7-11(14(22)23)25-13(20-7)8(2)19-12(21)9-4-3-5-10(6-9)24-15(16,17)18/h3-6,8H,1-2H3,(H,19,21)(H,22,23). The van der Waals surface area contributed by atoms with Crippen LogP contribution < -0.4 is 10.1 Å². The Morgan fingerprint density at radius 1 is 1.36 bits per heavy atom. The Morgan fingerprint density at radius 2 is 2.04 bits per heavy atom. The lowest BCUT2D eigenvalue weighted by atomic mass is 10.2. The van der Waals surface area contributed by atoms with Crippen LogP contribution in [0.5, 0.6) is 5.75 Å². The van der Waals surface area contributed by atoms with Crippen molar-refractivity contribution in [1.82, 2.24) is 10.3 Å². The molecule has 1 aromatic carbocycles. The second-order valence-corrected chi connectivity index (χ2v) is 6.07. The minimum absolute atomic E-state index is 0.0275. The van der Waals surface area contributed by atoms with Gasteiger partial charge in [0.15, 0.2) is 0 Å². The maximum absolute atomic E-state index is 12.2. The summed E-state index contributed by atoms with van der Waals surface area (Å²) in [5.41, 5.74) is 0.300. The van der Waals surface area contributed by atoms with Crippen LogP contribution in [0.15, 0.2) is 24.3 Å². The Labute approximate surface area is 144 Å². The number of aryl methyl sites for hydroxylation is 1. The van der Waals surface area contributed by atoms with Gasteiger partial charge in [-0.2, -0.15) is 0 Å². The number of ether oxygens (including phenoxy) is 1. The first kappa shape index (κ1) is 18.7. The van der Waals surface area contributed by atoms with Gasteiger partial charge < -0.3 is 15.2 Å². The molecule has 0 aliphatic heterocycles. The smallest absolute Gasteiger partial charge is 0.477 e. The van der Waals surface area contributed by atoms with E-state index < -0.39 is 30.0 Å². The number of halogens is 3. The fourth-order valence-electron chi connectivity index (χ4n) is 1.98. The first-order valence-corrected chi connectivity index (χ1v) is 7.76. The summed E-state index contributed by atoms with van der Waals surface area (Å²) in [7, 11) is 0. The Hall–Kier alpha value is -2.62. The number of carboxylic acid groups (broad SMARTS) is 1. The van der Waals surface area contributed by atoms with E-state index in [2.05, 4.69) is 15.0 Å². The van der Waals surface area contributed by atoms with E-state index in [0.717, 1.165) is 23.5 Å². The van der Waals surface area contributed by atoms with Crippen LogP contribution in [0.1, 0.15) is 43.7 Å². The van der Waals surface area contributed by atoms with Crippen molar-refractivity contribution in [3.05, 3.63) is 45.4 Å². The van der Waals surface area contributed by atoms with Gasteiger partial charge in [0.25, 0.3) is 5.91 Å². The van der Waals surface area contributed by atoms with Gasteiger partial charge in [0.2, 0.25) is 0 Å². The third-order valence-corrected chi connectivity index (χ3v) is 4.38. The lowest BCUT2D eigenvalue weighted by Gasteiger charge is -2.13. The summed E-state index contributed by atoms with van der Waals surface area (Å²) in [6, 6.07) is 4.02. The second kappa shape index (κ2) is 7.09. The lowest BCUT2D eigenvalue weighted by Crippen LogP contribution is -2.26. The number of benzene rings is 1. The molecule has 0 saturated heterocycles. The molecule has 2 rings (SSSR count). The molecule has 1 unspecified atom stereocenters. The van der Waals surface area contributed by atoms with Crippen LogP contribution in [0.25, 0.3) is 0 Å². The highest BCUT2D eigenvalue weighted by Crippen LogP contribution is 2.25. The fraction of sp³-hybridized carbons (Fsp3) is 0.267. The van der Waals surface area contributed by atoms with Crippen molar-refractivity contribution in [2.45, 2.75) is 26.3 Å². The number of carbonyl (C=O) groups is 2. The summed E-state index contributed by atoms with van der Waals surface area (Å²) in [6.45, 7) is 3.13. The fourth-order valence-corrected chi connectivity index (χ4v) is 2.89. The zero-order chi connectivity index (χ0) is 18.8. The predicted molar refractivity (Wildman–Crippen MR) is 82.8 cm³/mol. The molecule has 0 saturated carbocycles. The number of amides is 1. The first-order valence-electron chi connectivity index (χ1n) is 6.94. The molecule has 1 aromatic heterocycles. The van der Waals surface area contributed by atoms with Crippen LogP contribution in [0.3, 0.4) is 0 Å². The van der Waals surface area contributed by atoms with Crippen molar-refractivity contribution in [3.8, 4) is 5.75 Å². The molecule has 1 amide bonds. The van der Waals surface area contributed by atoms with Crippen molar-refractivity contribution < 1.29 is 32.6 Å². The first-order chi connectivity index (χ1) is 11.6. The number of nitrogens with one attached hydrogen (secondary N) is 1. The Morgan fingerprint density at radius 3 is 2.60 bits per heavy atom. The monoisotopic (exact) mass is 374 g/mol. The minimum atomic E-state index is -4.85. The highest BCUT2D eigenvalue weighted by atomic mass is 32.1. The molecule has 1 atom stereocenters.